The molecule has 2 amide bonds. The fraction of sp³-hybridized carbons (Fsp3) is 0.267. The maximum atomic E-state index is 11.9. The van der Waals surface area contributed by atoms with Crippen LogP contribution in [0.2, 0.25) is 10.0 Å². The highest BCUT2D eigenvalue weighted by molar-refractivity contribution is 6.43. The van der Waals surface area contributed by atoms with E-state index in [0.717, 1.165) is 0 Å². The van der Waals surface area contributed by atoms with Crippen LogP contribution in [0.3, 0.4) is 0 Å². The minimum atomic E-state index is -0.778. The SMILES string of the molecule is CC(CC(O)c1ccco1)NC(=O)Nc1cccc(Cl)c1Cl. The zero-order valence-electron chi connectivity index (χ0n) is 11.8. The Balaban J connectivity index is 1.87. The van der Waals surface area contributed by atoms with Gasteiger partial charge in [0, 0.05) is 12.5 Å². The molecule has 1 aromatic heterocycles. The second-order valence-electron chi connectivity index (χ2n) is 4.87. The molecule has 7 heteroatoms. The molecule has 0 saturated carbocycles. The summed E-state index contributed by atoms with van der Waals surface area (Å²) in [6, 6.07) is 7.66. The molecule has 1 aromatic carbocycles. The number of halogens is 2. The van der Waals surface area contributed by atoms with Crippen LogP contribution < -0.4 is 10.6 Å². The predicted molar refractivity (Wildman–Crippen MR) is 86.4 cm³/mol. The molecule has 0 aliphatic heterocycles. The summed E-state index contributed by atoms with van der Waals surface area (Å²) in [5.41, 5.74) is 0.422. The number of aliphatic hydroxyl groups is 1. The lowest BCUT2D eigenvalue weighted by molar-refractivity contribution is 0.130. The average Bonchev–Trinajstić information content (AvgIpc) is 2.97. The first-order valence-corrected chi connectivity index (χ1v) is 7.46. The van der Waals surface area contributed by atoms with Gasteiger partial charge >= 0.3 is 6.03 Å². The Bertz CT molecular complexity index is 632. The van der Waals surface area contributed by atoms with Gasteiger partial charge in [-0.1, -0.05) is 29.3 Å². The largest absolute Gasteiger partial charge is 0.467 e. The number of rotatable bonds is 5. The number of benzene rings is 1. The number of urea groups is 1. The lowest BCUT2D eigenvalue weighted by Crippen LogP contribution is -2.37. The van der Waals surface area contributed by atoms with E-state index in [1.807, 2.05) is 0 Å². The Kier molecular flexibility index (Phi) is 5.71. The van der Waals surface area contributed by atoms with E-state index < -0.39 is 12.1 Å². The molecule has 22 heavy (non-hydrogen) atoms. The van der Waals surface area contributed by atoms with Crippen molar-refractivity contribution in [2.24, 2.45) is 0 Å². The highest BCUT2D eigenvalue weighted by Crippen LogP contribution is 2.29. The van der Waals surface area contributed by atoms with Crippen molar-refractivity contribution in [1.82, 2.24) is 5.32 Å². The molecule has 0 fully saturated rings. The molecule has 0 radical (unpaired) electrons. The number of hydrogen-bond acceptors (Lipinski definition) is 3. The van der Waals surface area contributed by atoms with Crippen LogP contribution in [0.15, 0.2) is 41.0 Å². The summed E-state index contributed by atoms with van der Waals surface area (Å²) in [6.45, 7) is 1.78. The van der Waals surface area contributed by atoms with Crippen LogP contribution in [0.1, 0.15) is 25.2 Å². The predicted octanol–water partition coefficient (Wildman–Crippen LogP) is 4.22. The number of anilines is 1. The van der Waals surface area contributed by atoms with Gasteiger partial charge in [0.1, 0.15) is 11.9 Å². The Hall–Kier alpha value is -1.69. The Morgan fingerprint density at radius 1 is 1.32 bits per heavy atom. The van der Waals surface area contributed by atoms with Crippen molar-refractivity contribution in [2.75, 3.05) is 5.32 Å². The molecule has 0 aliphatic carbocycles. The highest BCUT2D eigenvalue weighted by atomic mass is 35.5. The molecule has 2 aromatic rings. The summed E-state index contributed by atoms with van der Waals surface area (Å²) in [7, 11) is 0. The van der Waals surface area contributed by atoms with Gasteiger partial charge in [-0.25, -0.2) is 4.79 Å². The van der Waals surface area contributed by atoms with Crippen LogP contribution in [-0.2, 0) is 0 Å². The zero-order chi connectivity index (χ0) is 16.1. The van der Waals surface area contributed by atoms with Crippen molar-refractivity contribution in [3.63, 3.8) is 0 Å². The van der Waals surface area contributed by atoms with E-state index in [1.165, 1.54) is 6.26 Å². The van der Waals surface area contributed by atoms with Gasteiger partial charge < -0.3 is 20.2 Å². The van der Waals surface area contributed by atoms with Gasteiger partial charge in [0.15, 0.2) is 0 Å². The molecule has 1 heterocycles. The molecule has 0 bridgehead atoms. The third-order valence-corrected chi connectivity index (χ3v) is 3.84. The second kappa shape index (κ2) is 7.54. The first-order valence-electron chi connectivity index (χ1n) is 6.70. The van der Waals surface area contributed by atoms with Crippen LogP contribution in [0, 0.1) is 0 Å². The summed E-state index contributed by atoms with van der Waals surface area (Å²) in [4.78, 5) is 11.9. The molecule has 0 spiro atoms. The monoisotopic (exact) mass is 342 g/mol. The maximum Gasteiger partial charge on any atom is 0.319 e. The quantitative estimate of drug-likeness (QED) is 0.761. The fourth-order valence-corrected chi connectivity index (χ4v) is 2.32. The molecule has 2 rings (SSSR count). The maximum absolute atomic E-state index is 11.9. The fourth-order valence-electron chi connectivity index (χ4n) is 1.97. The molecule has 5 nitrogen and oxygen atoms in total. The summed E-state index contributed by atoms with van der Waals surface area (Å²) in [6.07, 6.45) is 1.04. The van der Waals surface area contributed by atoms with E-state index >= 15 is 0 Å². The molecule has 118 valence electrons. The Morgan fingerprint density at radius 3 is 2.77 bits per heavy atom. The van der Waals surface area contributed by atoms with Crippen molar-refractivity contribution >= 4 is 34.9 Å². The number of furan rings is 1. The molecule has 0 aliphatic rings. The van der Waals surface area contributed by atoms with E-state index in [0.29, 0.717) is 22.9 Å². The van der Waals surface area contributed by atoms with Crippen LogP contribution in [0.5, 0.6) is 0 Å². The first-order chi connectivity index (χ1) is 10.5. The van der Waals surface area contributed by atoms with Crippen molar-refractivity contribution in [2.45, 2.75) is 25.5 Å². The summed E-state index contributed by atoms with van der Waals surface area (Å²) in [5.74, 6) is 0.465. The van der Waals surface area contributed by atoms with Crippen molar-refractivity contribution < 1.29 is 14.3 Å². The summed E-state index contributed by atoms with van der Waals surface area (Å²) >= 11 is 11.9. The number of nitrogens with one attached hydrogen (secondary N) is 2. The number of amides is 2. The lowest BCUT2D eigenvalue weighted by Gasteiger charge is -2.17. The average molecular weight is 343 g/mol. The van der Waals surface area contributed by atoms with Crippen molar-refractivity contribution in [1.29, 1.82) is 0 Å². The smallest absolute Gasteiger partial charge is 0.319 e. The molecular formula is C15H16Cl2N2O3. The zero-order valence-corrected chi connectivity index (χ0v) is 13.4. The number of carbonyl (C=O) groups is 1. The van der Waals surface area contributed by atoms with Gasteiger partial charge in [-0.15, -0.1) is 0 Å². The normalized spacial score (nSPS) is 13.5. The van der Waals surface area contributed by atoms with Crippen LogP contribution in [-0.4, -0.2) is 17.2 Å². The number of hydrogen-bond donors (Lipinski definition) is 3. The standard InChI is InChI=1S/C15H16Cl2N2O3/c1-9(8-12(20)13-6-3-7-22-13)18-15(21)19-11-5-2-4-10(16)14(11)17/h2-7,9,12,20H,8H2,1H3,(H2,18,19,21). The number of carbonyl (C=O) groups excluding carboxylic acids is 1. The van der Waals surface area contributed by atoms with Gasteiger partial charge in [0.25, 0.3) is 0 Å². The van der Waals surface area contributed by atoms with Crippen LogP contribution in [0.25, 0.3) is 0 Å². The van der Waals surface area contributed by atoms with E-state index in [2.05, 4.69) is 10.6 Å². The van der Waals surface area contributed by atoms with Gasteiger partial charge in [-0.05, 0) is 31.2 Å². The van der Waals surface area contributed by atoms with Crippen molar-refractivity contribution in [3.05, 3.63) is 52.4 Å². The number of aliphatic hydroxyl groups excluding tert-OH is 1. The van der Waals surface area contributed by atoms with E-state index in [1.54, 1.807) is 37.3 Å². The summed E-state index contributed by atoms with van der Waals surface area (Å²) < 4.78 is 5.12. The van der Waals surface area contributed by atoms with Gasteiger partial charge in [-0.3, -0.25) is 0 Å². The van der Waals surface area contributed by atoms with E-state index in [9.17, 15) is 9.90 Å². The highest BCUT2D eigenvalue weighted by Gasteiger charge is 2.17. The van der Waals surface area contributed by atoms with E-state index in [4.69, 9.17) is 27.6 Å². The molecule has 3 N–H and O–H groups in total. The summed E-state index contributed by atoms with van der Waals surface area (Å²) in [5, 5.41) is 15.9. The Morgan fingerprint density at radius 2 is 2.09 bits per heavy atom. The van der Waals surface area contributed by atoms with Gasteiger partial charge in [-0.2, -0.15) is 0 Å². The molecular weight excluding hydrogens is 327 g/mol. The molecule has 2 atom stereocenters. The second-order valence-corrected chi connectivity index (χ2v) is 5.65. The minimum absolute atomic E-state index is 0.266. The van der Waals surface area contributed by atoms with Gasteiger partial charge in [0.05, 0.1) is 22.0 Å². The molecule has 0 saturated heterocycles. The van der Waals surface area contributed by atoms with Crippen LogP contribution in [0.4, 0.5) is 10.5 Å². The van der Waals surface area contributed by atoms with Crippen molar-refractivity contribution in [3.8, 4) is 0 Å². The minimum Gasteiger partial charge on any atom is -0.467 e. The third kappa shape index (κ3) is 4.40. The Labute approximate surface area is 138 Å². The van der Waals surface area contributed by atoms with Gasteiger partial charge in [0.2, 0.25) is 0 Å². The lowest BCUT2D eigenvalue weighted by atomic mass is 10.1. The van der Waals surface area contributed by atoms with Crippen LogP contribution >= 0.6 is 23.2 Å². The molecule has 2 unspecified atom stereocenters. The first kappa shape index (κ1) is 16.7. The third-order valence-electron chi connectivity index (χ3n) is 3.03. The topological polar surface area (TPSA) is 74.5 Å². The van der Waals surface area contributed by atoms with E-state index in [-0.39, 0.29) is 11.1 Å².